The molecule has 1 saturated heterocycles. The van der Waals surface area contributed by atoms with Gasteiger partial charge in [0.15, 0.2) is 0 Å². The highest BCUT2D eigenvalue weighted by Crippen LogP contribution is 2.24. The van der Waals surface area contributed by atoms with Crippen LogP contribution in [-0.4, -0.2) is 60.9 Å². The largest absolute Gasteiger partial charge is 0.497 e. The van der Waals surface area contributed by atoms with Crippen LogP contribution in [-0.2, 0) is 16.0 Å². The third-order valence-corrected chi connectivity index (χ3v) is 5.62. The standard InChI is InChI=1S/C24H27FN4O4/c1-31-20-8-4-17(5-9-20)21(29-12-14-32-15-13-29)16-26-22(30)10-11-23-27-24(28-33-23)18-2-6-19(25)7-3-18/h2-9,21H,10-16H2,1H3,(H,26,30)/t21-/m0/s1. The number of nitrogens with zero attached hydrogens (tertiary/aromatic N) is 3. The Hall–Kier alpha value is -3.30. The molecule has 3 aromatic rings. The van der Waals surface area contributed by atoms with E-state index in [2.05, 4.69) is 20.4 Å². The molecule has 2 heterocycles. The van der Waals surface area contributed by atoms with Crippen molar-refractivity contribution >= 4 is 5.91 Å². The van der Waals surface area contributed by atoms with Crippen LogP contribution in [0.25, 0.3) is 11.4 Å². The van der Waals surface area contributed by atoms with Gasteiger partial charge in [-0.25, -0.2) is 4.39 Å². The number of rotatable bonds is 9. The van der Waals surface area contributed by atoms with E-state index in [0.29, 0.717) is 43.5 Å². The van der Waals surface area contributed by atoms with E-state index < -0.39 is 0 Å². The molecule has 9 heteroatoms. The maximum absolute atomic E-state index is 13.1. The highest BCUT2D eigenvalue weighted by molar-refractivity contribution is 5.76. The van der Waals surface area contributed by atoms with Crippen molar-refractivity contribution in [1.82, 2.24) is 20.4 Å². The number of carbonyl (C=O) groups excluding carboxylic acids is 1. The van der Waals surface area contributed by atoms with Gasteiger partial charge in [0, 0.05) is 38.0 Å². The summed E-state index contributed by atoms with van der Waals surface area (Å²) in [4.78, 5) is 19.2. The zero-order valence-electron chi connectivity index (χ0n) is 18.5. The number of carbonyl (C=O) groups is 1. The van der Waals surface area contributed by atoms with Crippen LogP contribution in [0.15, 0.2) is 53.1 Å². The number of hydrogen-bond acceptors (Lipinski definition) is 7. The number of benzene rings is 2. The number of halogens is 1. The lowest BCUT2D eigenvalue weighted by Gasteiger charge is -2.35. The summed E-state index contributed by atoms with van der Waals surface area (Å²) < 4.78 is 29.1. The second kappa shape index (κ2) is 11.0. The molecule has 0 aliphatic carbocycles. The number of ether oxygens (including phenoxy) is 2. The number of aromatic nitrogens is 2. The minimum atomic E-state index is -0.329. The van der Waals surface area contributed by atoms with Crippen molar-refractivity contribution in [3.8, 4) is 17.1 Å². The first-order valence-electron chi connectivity index (χ1n) is 10.9. The molecule has 1 atom stereocenters. The van der Waals surface area contributed by atoms with Crippen molar-refractivity contribution < 1.29 is 23.2 Å². The average Bonchev–Trinajstić information content (AvgIpc) is 3.33. The van der Waals surface area contributed by atoms with Crippen molar-refractivity contribution in [3.63, 3.8) is 0 Å². The third-order valence-electron chi connectivity index (χ3n) is 5.62. The van der Waals surface area contributed by atoms with Crippen LogP contribution < -0.4 is 10.1 Å². The molecule has 2 aromatic carbocycles. The predicted molar refractivity (Wildman–Crippen MR) is 119 cm³/mol. The Balaban J connectivity index is 1.33. The van der Waals surface area contributed by atoms with Crippen molar-refractivity contribution in [2.75, 3.05) is 40.0 Å². The smallest absolute Gasteiger partial charge is 0.227 e. The summed E-state index contributed by atoms with van der Waals surface area (Å²) in [5.41, 5.74) is 1.77. The number of hydrogen-bond donors (Lipinski definition) is 1. The normalized spacial score (nSPS) is 15.2. The number of nitrogens with one attached hydrogen (secondary N) is 1. The van der Waals surface area contributed by atoms with E-state index >= 15 is 0 Å². The van der Waals surface area contributed by atoms with E-state index in [0.717, 1.165) is 24.4 Å². The van der Waals surface area contributed by atoms with Gasteiger partial charge in [-0.1, -0.05) is 17.3 Å². The first kappa shape index (κ1) is 22.9. The first-order valence-corrected chi connectivity index (χ1v) is 10.9. The van der Waals surface area contributed by atoms with E-state index in [9.17, 15) is 9.18 Å². The molecule has 1 amide bonds. The van der Waals surface area contributed by atoms with Crippen molar-refractivity contribution in [2.24, 2.45) is 0 Å². The fraction of sp³-hybridized carbons (Fsp3) is 0.375. The van der Waals surface area contributed by atoms with Gasteiger partial charge in [-0.05, 0) is 42.0 Å². The van der Waals surface area contributed by atoms with Crippen LogP contribution in [0.3, 0.4) is 0 Å². The van der Waals surface area contributed by atoms with Gasteiger partial charge in [0.2, 0.25) is 17.6 Å². The molecule has 0 bridgehead atoms. The van der Waals surface area contributed by atoms with Gasteiger partial charge in [-0.3, -0.25) is 9.69 Å². The highest BCUT2D eigenvalue weighted by Gasteiger charge is 2.23. The Bertz CT molecular complexity index is 1030. The number of aryl methyl sites for hydroxylation is 1. The van der Waals surface area contributed by atoms with Gasteiger partial charge >= 0.3 is 0 Å². The minimum absolute atomic E-state index is 0.0391. The van der Waals surface area contributed by atoms with Crippen LogP contribution in [0, 0.1) is 5.82 Å². The fourth-order valence-corrected chi connectivity index (χ4v) is 3.76. The van der Waals surface area contributed by atoms with Crippen molar-refractivity contribution in [2.45, 2.75) is 18.9 Å². The van der Waals surface area contributed by atoms with Gasteiger partial charge in [-0.15, -0.1) is 0 Å². The Morgan fingerprint density at radius 3 is 2.58 bits per heavy atom. The van der Waals surface area contributed by atoms with E-state index in [1.54, 1.807) is 19.2 Å². The molecule has 0 radical (unpaired) electrons. The molecule has 1 aliphatic heterocycles. The van der Waals surface area contributed by atoms with E-state index in [-0.39, 0.29) is 24.2 Å². The highest BCUT2D eigenvalue weighted by atomic mass is 19.1. The summed E-state index contributed by atoms with van der Waals surface area (Å²) in [6.07, 6.45) is 0.550. The molecule has 33 heavy (non-hydrogen) atoms. The number of amides is 1. The molecule has 1 aliphatic rings. The quantitative estimate of drug-likeness (QED) is 0.532. The molecular formula is C24H27FN4O4. The number of methoxy groups -OCH3 is 1. The number of morpholine rings is 1. The van der Waals surface area contributed by atoms with Gasteiger partial charge in [0.25, 0.3) is 0 Å². The molecule has 0 saturated carbocycles. The average molecular weight is 455 g/mol. The Morgan fingerprint density at radius 1 is 1.15 bits per heavy atom. The Kier molecular flexibility index (Phi) is 7.64. The predicted octanol–water partition coefficient (Wildman–Crippen LogP) is 3.01. The van der Waals surface area contributed by atoms with Gasteiger partial charge in [0.1, 0.15) is 11.6 Å². The van der Waals surface area contributed by atoms with Gasteiger partial charge < -0.3 is 19.3 Å². The van der Waals surface area contributed by atoms with E-state index in [1.807, 2.05) is 24.3 Å². The minimum Gasteiger partial charge on any atom is -0.497 e. The topological polar surface area (TPSA) is 89.7 Å². The summed E-state index contributed by atoms with van der Waals surface area (Å²) in [6.45, 7) is 3.44. The fourth-order valence-electron chi connectivity index (χ4n) is 3.76. The first-order chi connectivity index (χ1) is 16.1. The van der Waals surface area contributed by atoms with Crippen LogP contribution >= 0.6 is 0 Å². The lowest BCUT2D eigenvalue weighted by atomic mass is 10.0. The summed E-state index contributed by atoms with van der Waals surface area (Å²) in [5, 5.41) is 6.95. The molecule has 1 aromatic heterocycles. The van der Waals surface area contributed by atoms with Crippen molar-refractivity contribution in [3.05, 3.63) is 65.8 Å². The second-order valence-electron chi connectivity index (χ2n) is 7.76. The van der Waals surface area contributed by atoms with Crippen LogP contribution in [0.2, 0.25) is 0 Å². The van der Waals surface area contributed by atoms with Crippen molar-refractivity contribution in [1.29, 1.82) is 0 Å². The molecular weight excluding hydrogens is 427 g/mol. The third kappa shape index (κ3) is 6.15. The summed E-state index contributed by atoms with van der Waals surface area (Å²) in [6, 6.07) is 13.8. The maximum atomic E-state index is 13.1. The monoisotopic (exact) mass is 454 g/mol. The van der Waals surface area contributed by atoms with Crippen LogP contribution in [0.4, 0.5) is 4.39 Å². The lowest BCUT2D eigenvalue weighted by Crippen LogP contribution is -2.43. The molecule has 0 unspecified atom stereocenters. The molecule has 8 nitrogen and oxygen atoms in total. The molecule has 1 fully saturated rings. The lowest BCUT2D eigenvalue weighted by molar-refractivity contribution is -0.121. The molecule has 174 valence electrons. The Morgan fingerprint density at radius 2 is 1.88 bits per heavy atom. The SMILES string of the molecule is COc1ccc([C@H](CNC(=O)CCc2nc(-c3ccc(F)cc3)no2)N2CCOCC2)cc1. The van der Waals surface area contributed by atoms with E-state index in [1.165, 1.54) is 12.1 Å². The summed E-state index contributed by atoms with van der Waals surface area (Å²) >= 11 is 0. The zero-order chi connectivity index (χ0) is 23.0. The van der Waals surface area contributed by atoms with Crippen LogP contribution in [0.1, 0.15) is 23.9 Å². The van der Waals surface area contributed by atoms with E-state index in [4.69, 9.17) is 14.0 Å². The van der Waals surface area contributed by atoms with Gasteiger partial charge in [-0.2, -0.15) is 4.98 Å². The Labute approximate surface area is 191 Å². The maximum Gasteiger partial charge on any atom is 0.227 e. The molecule has 0 spiro atoms. The van der Waals surface area contributed by atoms with Gasteiger partial charge in [0.05, 0.1) is 26.4 Å². The van der Waals surface area contributed by atoms with Crippen LogP contribution in [0.5, 0.6) is 5.75 Å². The summed E-state index contributed by atoms with van der Waals surface area (Å²) in [5.74, 6) is 1.11. The second-order valence-corrected chi connectivity index (χ2v) is 7.76. The molecule has 1 N–H and O–H groups in total. The summed E-state index contributed by atoms with van der Waals surface area (Å²) in [7, 11) is 1.64. The zero-order valence-corrected chi connectivity index (χ0v) is 18.5. The molecule has 4 rings (SSSR count).